The van der Waals surface area contributed by atoms with E-state index in [4.69, 9.17) is 15.2 Å². The molecule has 0 unspecified atom stereocenters. The summed E-state index contributed by atoms with van der Waals surface area (Å²) in [5, 5.41) is 0. The Balaban J connectivity index is 2.37. The summed E-state index contributed by atoms with van der Waals surface area (Å²) >= 11 is 0. The van der Waals surface area contributed by atoms with Gasteiger partial charge in [0, 0.05) is 19.0 Å². The minimum Gasteiger partial charge on any atom is -0.496 e. The summed E-state index contributed by atoms with van der Waals surface area (Å²) in [5.41, 5.74) is 7.12. The molecule has 112 valence electrons. The summed E-state index contributed by atoms with van der Waals surface area (Å²) in [4.78, 5) is 1.63. The highest BCUT2D eigenvalue weighted by atomic mass is 19.3. The number of benzene rings is 1. The lowest BCUT2D eigenvalue weighted by molar-refractivity contribution is 0.0257. The van der Waals surface area contributed by atoms with Crippen LogP contribution in [0.4, 0.5) is 14.5 Å². The SMILES string of the molecule is COc1cc(N2CCC(F)(F)C2)c(OC)cc1CCN. The minimum atomic E-state index is -2.64. The maximum Gasteiger partial charge on any atom is 0.266 e. The Morgan fingerprint density at radius 1 is 1.25 bits per heavy atom. The fourth-order valence-corrected chi connectivity index (χ4v) is 2.48. The van der Waals surface area contributed by atoms with E-state index in [-0.39, 0.29) is 13.0 Å². The maximum atomic E-state index is 13.4. The molecule has 4 nitrogen and oxygen atoms in total. The second-order valence-electron chi connectivity index (χ2n) is 4.90. The number of hydrogen-bond donors (Lipinski definition) is 1. The third-order valence-corrected chi connectivity index (χ3v) is 3.51. The van der Waals surface area contributed by atoms with Gasteiger partial charge in [-0.25, -0.2) is 8.78 Å². The Bertz CT molecular complexity index is 480. The van der Waals surface area contributed by atoms with Crippen molar-refractivity contribution in [2.75, 3.05) is 38.8 Å². The number of halogens is 2. The van der Waals surface area contributed by atoms with Crippen molar-refractivity contribution in [3.05, 3.63) is 17.7 Å². The van der Waals surface area contributed by atoms with Crippen molar-refractivity contribution in [2.45, 2.75) is 18.8 Å². The van der Waals surface area contributed by atoms with Crippen molar-refractivity contribution in [3.63, 3.8) is 0 Å². The molecule has 0 atom stereocenters. The van der Waals surface area contributed by atoms with Crippen LogP contribution in [0.3, 0.4) is 0 Å². The second-order valence-corrected chi connectivity index (χ2v) is 4.90. The van der Waals surface area contributed by atoms with Crippen molar-refractivity contribution >= 4 is 5.69 Å². The van der Waals surface area contributed by atoms with Gasteiger partial charge in [0.1, 0.15) is 11.5 Å². The zero-order chi connectivity index (χ0) is 14.8. The molecule has 0 radical (unpaired) electrons. The van der Waals surface area contributed by atoms with E-state index in [0.29, 0.717) is 36.7 Å². The predicted molar refractivity (Wildman–Crippen MR) is 74.1 cm³/mol. The lowest BCUT2D eigenvalue weighted by Crippen LogP contribution is -2.25. The summed E-state index contributed by atoms with van der Waals surface area (Å²) in [6.07, 6.45) is 0.513. The molecular formula is C14H20F2N2O2. The largest absolute Gasteiger partial charge is 0.496 e. The standard InChI is InChI=1S/C14H20F2N2O2/c1-19-12-8-11(18-6-4-14(15,16)9-18)13(20-2)7-10(12)3-5-17/h7-8H,3-6,9,17H2,1-2H3. The van der Waals surface area contributed by atoms with E-state index >= 15 is 0 Å². The van der Waals surface area contributed by atoms with Gasteiger partial charge in [-0.05, 0) is 24.6 Å². The zero-order valence-electron chi connectivity index (χ0n) is 11.8. The van der Waals surface area contributed by atoms with Crippen LogP contribution in [-0.4, -0.2) is 39.8 Å². The predicted octanol–water partition coefficient (Wildman–Crippen LogP) is 2.05. The van der Waals surface area contributed by atoms with Crippen molar-refractivity contribution in [2.24, 2.45) is 5.73 Å². The Labute approximate surface area is 117 Å². The molecule has 1 saturated heterocycles. The highest BCUT2D eigenvalue weighted by molar-refractivity contribution is 5.64. The topological polar surface area (TPSA) is 47.7 Å². The summed E-state index contributed by atoms with van der Waals surface area (Å²) < 4.78 is 37.4. The number of methoxy groups -OCH3 is 2. The lowest BCUT2D eigenvalue weighted by Gasteiger charge is -2.23. The maximum absolute atomic E-state index is 13.4. The number of anilines is 1. The molecule has 1 aromatic carbocycles. The Hall–Kier alpha value is -1.56. The van der Waals surface area contributed by atoms with Crippen LogP contribution in [-0.2, 0) is 6.42 Å². The van der Waals surface area contributed by atoms with Gasteiger partial charge in [0.15, 0.2) is 0 Å². The van der Waals surface area contributed by atoms with Crippen LogP contribution in [0.1, 0.15) is 12.0 Å². The Kier molecular flexibility index (Phi) is 4.32. The molecule has 1 aromatic rings. The van der Waals surface area contributed by atoms with Gasteiger partial charge in [0.25, 0.3) is 5.92 Å². The van der Waals surface area contributed by atoms with Gasteiger partial charge in [0.05, 0.1) is 26.5 Å². The molecule has 1 aliphatic rings. The van der Waals surface area contributed by atoms with Crippen molar-refractivity contribution in [3.8, 4) is 11.5 Å². The van der Waals surface area contributed by atoms with E-state index in [0.717, 1.165) is 5.56 Å². The van der Waals surface area contributed by atoms with Crippen LogP contribution in [0.25, 0.3) is 0 Å². The van der Waals surface area contributed by atoms with E-state index in [9.17, 15) is 8.78 Å². The van der Waals surface area contributed by atoms with Crippen LogP contribution in [0.5, 0.6) is 11.5 Å². The van der Waals surface area contributed by atoms with Crippen molar-refractivity contribution < 1.29 is 18.3 Å². The van der Waals surface area contributed by atoms with E-state index in [2.05, 4.69) is 0 Å². The van der Waals surface area contributed by atoms with E-state index < -0.39 is 5.92 Å². The van der Waals surface area contributed by atoms with E-state index in [1.54, 1.807) is 18.1 Å². The molecule has 1 aliphatic heterocycles. The number of ether oxygens (including phenoxy) is 2. The molecule has 0 spiro atoms. The molecule has 6 heteroatoms. The van der Waals surface area contributed by atoms with Gasteiger partial charge in [-0.3, -0.25) is 0 Å². The Morgan fingerprint density at radius 3 is 2.45 bits per heavy atom. The first-order valence-electron chi connectivity index (χ1n) is 6.58. The fourth-order valence-electron chi connectivity index (χ4n) is 2.48. The summed E-state index contributed by atoms with van der Waals surface area (Å²) in [6.45, 7) is 0.506. The highest BCUT2D eigenvalue weighted by Gasteiger charge is 2.39. The smallest absolute Gasteiger partial charge is 0.266 e. The second kappa shape index (κ2) is 5.83. The Morgan fingerprint density at radius 2 is 1.95 bits per heavy atom. The number of alkyl halides is 2. The van der Waals surface area contributed by atoms with E-state index in [1.165, 1.54) is 7.11 Å². The molecule has 20 heavy (non-hydrogen) atoms. The van der Waals surface area contributed by atoms with Crippen molar-refractivity contribution in [1.82, 2.24) is 0 Å². The fraction of sp³-hybridized carbons (Fsp3) is 0.571. The van der Waals surface area contributed by atoms with Crippen LogP contribution >= 0.6 is 0 Å². The lowest BCUT2D eigenvalue weighted by atomic mass is 10.1. The molecule has 1 fully saturated rings. The minimum absolute atomic E-state index is 0.136. The molecule has 2 N–H and O–H groups in total. The number of nitrogens with zero attached hydrogens (tertiary/aromatic N) is 1. The zero-order valence-corrected chi connectivity index (χ0v) is 11.8. The normalized spacial score (nSPS) is 17.4. The van der Waals surface area contributed by atoms with Gasteiger partial charge in [-0.1, -0.05) is 0 Å². The number of rotatable bonds is 5. The molecule has 0 bridgehead atoms. The number of hydrogen-bond acceptors (Lipinski definition) is 4. The molecular weight excluding hydrogens is 266 g/mol. The first-order chi connectivity index (χ1) is 9.50. The molecule has 2 rings (SSSR count). The van der Waals surface area contributed by atoms with Crippen LogP contribution in [0, 0.1) is 0 Å². The van der Waals surface area contributed by atoms with Gasteiger partial charge >= 0.3 is 0 Å². The summed E-state index contributed by atoms with van der Waals surface area (Å²) in [7, 11) is 3.09. The van der Waals surface area contributed by atoms with Gasteiger partial charge in [0.2, 0.25) is 0 Å². The highest BCUT2D eigenvalue weighted by Crippen LogP contribution is 2.39. The monoisotopic (exact) mass is 286 g/mol. The first kappa shape index (κ1) is 14.8. The number of nitrogens with two attached hydrogens (primary N) is 1. The molecule has 1 heterocycles. The van der Waals surface area contributed by atoms with Crippen LogP contribution < -0.4 is 20.1 Å². The van der Waals surface area contributed by atoms with Crippen molar-refractivity contribution in [1.29, 1.82) is 0 Å². The third kappa shape index (κ3) is 2.95. The average Bonchev–Trinajstić information content (AvgIpc) is 2.78. The third-order valence-electron chi connectivity index (χ3n) is 3.51. The molecule has 0 aliphatic carbocycles. The molecule has 0 aromatic heterocycles. The summed E-state index contributed by atoms with van der Waals surface area (Å²) in [6, 6.07) is 3.57. The average molecular weight is 286 g/mol. The first-order valence-corrected chi connectivity index (χ1v) is 6.58. The quantitative estimate of drug-likeness (QED) is 0.900. The van der Waals surface area contributed by atoms with Crippen LogP contribution in [0.2, 0.25) is 0 Å². The van der Waals surface area contributed by atoms with E-state index in [1.807, 2.05) is 6.07 Å². The molecule has 0 amide bonds. The van der Waals surface area contributed by atoms with Crippen LogP contribution in [0.15, 0.2) is 12.1 Å². The summed E-state index contributed by atoms with van der Waals surface area (Å²) in [5.74, 6) is -1.41. The van der Waals surface area contributed by atoms with Gasteiger partial charge in [-0.2, -0.15) is 0 Å². The van der Waals surface area contributed by atoms with Gasteiger partial charge < -0.3 is 20.1 Å². The van der Waals surface area contributed by atoms with Gasteiger partial charge in [-0.15, -0.1) is 0 Å². The molecule has 0 saturated carbocycles.